The third-order valence-electron chi connectivity index (χ3n) is 4.30. The Balaban J connectivity index is 1.39. The van der Waals surface area contributed by atoms with Crippen molar-refractivity contribution >= 4 is 33.4 Å². The molecule has 0 atom stereocenters. The quantitative estimate of drug-likeness (QED) is 0.349. The molecular weight excluding hydrogens is 402 g/mol. The molecule has 0 fully saturated rings. The van der Waals surface area contributed by atoms with Crippen molar-refractivity contribution in [3.63, 3.8) is 0 Å². The second-order valence-electron chi connectivity index (χ2n) is 6.34. The molecule has 2 aromatic heterocycles. The molecule has 3 aromatic rings. The van der Waals surface area contributed by atoms with Crippen molar-refractivity contribution in [2.75, 3.05) is 5.32 Å². The fourth-order valence-corrected chi connectivity index (χ4v) is 3.74. The van der Waals surface area contributed by atoms with Crippen LogP contribution in [0.4, 0.5) is 9.80 Å². The van der Waals surface area contributed by atoms with Crippen molar-refractivity contribution in [1.82, 2.24) is 0 Å². The minimum atomic E-state index is -0.612. The van der Waals surface area contributed by atoms with Gasteiger partial charge in [0.15, 0.2) is 11.2 Å². The lowest BCUT2D eigenvalue weighted by atomic mass is 10.2. The van der Waals surface area contributed by atoms with E-state index in [1.165, 1.54) is 17.6 Å². The predicted molar refractivity (Wildman–Crippen MR) is 113 cm³/mol. The molecule has 6 nitrogen and oxygen atoms in total. The molecular formula is C23H15NO5S. The molecule has 0 bridgehead atoms. The minimum Gasteiger partial charge on any atom is -0.472 e. The fraction of sp³-hybridized carbons (Fsp3) is 0. The van der Waals surface area contributed by atoms with Gasteiger partial charge in [-0.1, -0.05) is 30.3 Å². The summed E-state index contributed by atoms with van der Waals surface area (Å²) in [7, 11) is 0. The molecule has 0 saturated heterocycles. The highest BCUT2D eigenvalue weighted by atomic mass is 32.1. The maximum Gasteiger partial charge on any atom is 0.417 e. The van der Waals surface area contributed by atoms with Gasteiger partial charge in [-0.25, -0.2) is 4.79 Å². The first-order valence-electron chi connectivity index (χ1n) is 9.10. The smallest absolute Gasteiger partial charge is 0.417 e. The van der Waals surface area contributed by atoms with E-state index in [2.05, 4.69) is 5.32 Å². The summed E-state index contributed by atoms with van der Waals surface area (Å²) >= 11 is 1.47. The van der Waals surface area contributed by atoms with Crippen LogP contribution in [0.1, 0.15) is 0 Å². The van der Waals surface area contributed by atoms with Crippen LogP contribution in [0.25, 0.3) is 21.4 Å². The summed E-state index contributed by atoms with van der Waals surface area (Å²) in [5.74, 6) is 0.272. The van der Waals surface area contributed by atoms with Crippen molar-refractivity contribution in [1.29, 1.82) is 0 Å². The first-order chi connectivity index (χ1) is 14.8. The van der Waals surface area contributed by atoms with Crippen LogP contribution in [0.5, 0.6) is 5.75 Å². The van der Waals surface area contributed by atoms with E-state index in [1.807, 2.05) is 42.5 Å². The van der Waals surface area contributed by atoms with Gasteiger partial charge >= 0.3 is 6.09 Å². The number of carbonyl (C=O) groups excluding carboxylic acids is 1. The Bertz CT molecular complexity index is 1420. The number of carbonyl (C=O) groups is 1. The maximum atomic E-state index is 12.4. The summed E-state index contributed by atoms with van der Waals surface area (Å²) < 4.78 is 21.7. The lowest BCUT2D eigenvalue weighted by molar-refractivity contribution is 0.214. The molecule has 2 aliphatic heterocycles. The Morgan fingerprint density at radius 2 is 1.87 bits per heavy atom. The molecule has 0 unspecified atom stereocenters. The number of nitrogens with one attached hydrogen (secondary N) is 1. The SMILES string of the molecule is O=C(Nc1ccc(-c2ccccc2)s1)Oc1cccocc2ccoc2cc2oc1=2. The van der Waals surface area contributed by atoms with Crippen molar-refractivity contribution in [2.24, 2.45) is 0 Å². The largest absolute Gasteiger partial charge is 0.472 e. The van der Waals surface area contributed by atoms with Crippen molar-refractivity contribution < 1.29 is 22.8 Å². The van der Waals surface area contributed by atoms with Crippen LogP contribution in [0.15, 0.2) is 98.8 Å². The second kappa shape index (κ2) is 7.81. The number of hydrogen-bond acceptors (Lipinski definition) is 6. The van der Waals surface area contributed by atoms with E-state index < -0.39 is 6.09 Å². The second-order valence-corrected chi connectivity index (χ2v) is 7.42. The van der Waals surface area contributed by atoms with Crippen molar-refractivity contribution in [3.8, 4) is 16.2 Å². The van der Waals surface area contributed by atoms with E-state index in [4.69, 9.17) is 18.0 Å². The van der Waals surface area contributed by atoms with Crippen molar-refractivity contribution in [2.45, 2.75) is 0 Å². The topological polar surface area (TPSA) is 77.8 Å². The number of ether oxygens (including phenoxy) is 1. The zero-order chi connectivity index (χ0) is 20.3. The summed E-state index contributed by atoms with van der Waals surface area (Å²) in [5, 5.41) is 4.21. The van der Waals surface area contributed by atoms with Gasteiger partial charge in [0, 0.05) is 10.9 Å². The summed E-state index contributed by atoms with van der Waals surface area (Å²) in [6.07, 6.45) is 3.98. The Kier molecular flexibility index (Phi) is 4.71. The first-order valence-corrected chi connectivity index (χ1v) is 9.92. The summed E-state index contributed by atoms with van der Waals surface area (Å²) in [5.41, 5.74) is 2.71. The van der Waals surface area contributed by atoms with E-state index in [-0.39, 0.29) is 5.75 Å². The number of thiophene rings is 1. The molecule has 0 saturated carbocycles. The van der Waals surface area contributed by atoms with Crippen LogP contribution >= 0.6 is 11.3 Å². The van der Waals surface area contributed by atoms with E-state index in [0.29, 0.717) is 21.4 Å². The van der Waals surface area contributed by atoms with Crippen LogP contribution in [-0.4, -0.2) is 6.09 Å². The maximum absolute atomic E-state index is 12.4. The lowest BCUT2D eigenvalue weighted by Gasteiger charge is -2.02. The van der Waals surface area contributed by atoms with Gasteiger partial charge in [-0.3, -0.25) is 5.32 Å². The summed E-state index contributed by atoms with van der Waals surface area (Å²) in [6.45, 7) is 0. The highest BCUT2D eigenvalue weighted by Crippen LogP contribution is 2.31. The number of fused-ring (bicyclic) bond motifs is 1. The monoisotopic (exact) mass is 417 g/mol. The average molecular weight is 417 g/mol. The fourth-order valence-electron chi connectivity index (χ4n) is 2.85. The molecule has 30 heavy (non-hydrogen) atoms. The van der Waals surface area contributed by atoms with Crippen LogP contribution in [-0.2, 0) is 0 Å². The molecule has 2 aliphatic rings. The van der Waals surface area contributed by atoms with Gasteiger partial charge in [0.2, 0.25) is 5.42 Å². The molecule has 148 valence electrons. The molecule has 7 heteroatoms. The molecule has 0 radical (unpaired) electrons. The molecule has 1 N–H and O–H groups in total. The molecule has 0 spiro atoms. The molecule has 5 rings (SSSR count). The van der Waals surface area contributed by atoms with E-state index in [9.17, 15) is 4.79 Å². The Morgan fingerprint density at radius 3 is 2.77 bits per heavy atom. The standard InChI is InChI=1S/C23H15NO5S/c25-23(24-21-9-8-20(30-21)15-5-2-1-3-6-15)29-17-7-4-11-26-14-16-10-12-27-18(16)13-19-22(17)28-19/h1-14H,(H,24,25). The number of furan rings is 1. The van der Waals surface area contributed by atoms with Gasteiger partial charge in [0.1, 0.15) is 11.8 Å². The van der Waals surface area contributed by atoms with E-state index in [1.54, 1.807) is 36.8 Å². The normalized spacial score (nSPS) is 10.8. The average Bonchev–Trinajstić information content (AvgIpc) is 3.13. The lowest BCUT2D eigenvalue weighted by Crippen LogP contribution is -2.15. The zero-order valence-electron chi connectivity index (χ0n) is 15.5. The van der Waals surface area contributed by atoms with E-state index in [0.717, 1.165) is 15.8 Å². The molecule has 4 heterocycles. The van der Waals surface area contributed by atoms with Crippen LogP contribution in [0, 0.1) is 10.8 Å². The number of benzene rings is 1. The third-order valence-corrected chi connectivity index (χ3v) is 5.35. The predicted octanol–water partition coefficient (Wildman–Crippen LogP) is 6.81. The van der Waals surface area contributed by atoms with Crippen molar-refractivity contribution in [3.05, 3.63) is 96.4 Å². The molecule has 1 amide bonds. The Morgan fingerprint density at radius 1 is 0.967 bits per heavy atom. The van der Waals surface area contributed by atoms with Gasteiger partial charge in [-0.05, 0) is 35.9 Å². The number of hydrogen-bond donors (Lipinski definition) is 1. The van der Waals surface area contributed by atoms with Crippen LogP contribution in [0.3, 0.4) is 0 Å². The minimum absolute atomic E-state index is 0.272. The Hall–Kier alpha value is -3.97. The zero-order valence-corrected chi connectivity index (χ0v) is 16.3. The highest BCUT2D eigenvalue weighted by Gasteiger charge is 2.13. The van der Waals surface area contributed by atoms with Gasteiger partial charge in [-0.15, -0.1) is 11.3 Å². The van der Waals surface area contributed by atoms with Crippen LogP contribution < -0.4 is 10.1 Å². The van der Waals surface area contributed by atoms with Gasteiger partial charge in [-0.2, -0.15) is 0 Å². The number of anilines is 1. The van der Waals surface area contributed by atoms with E-state index >= 15 is 0 Å². The van der Waals surface area contributed by atoms with Gasteiger partial charge < -0.3 is 18.0 Å². The third kappa shape index (κ3) is 3.92. The molecule has 0 aliphatic carbocycles. The number of amides is 1. The first kappa shape index (κ1) is 18.1. The summed E-state index contributed by atoms with van der Waals surface area (Å²) in [4.78, 5) is 13.5. The molecule has 1 aromatic carbocycles. The van der Waals surface area contributed by atoms with Gasteiger partial charge in [0.25, 0.3) is 0 Å². The number of rotatable bonds is 3. The highest BCUT2D eigenvalue weighted by molar-refractivity contribution is 7.19. The summed E-state index contributed by atoms with van der Waals surface area (Å²) in [6, 6.07) is 20.5. The van der Waals surface area contributed by atoms with Crippen LogP contribution in [0.2, 0.25) is 0 Å². The Labute approximate surface area is 174 Å². The van der Waals surface area contributed by atoms with Gasteiger partial charge in [0.05, 0.1) is 22.9 Å².